The van der Waals surface area contributed by atoms with Gasteiger partial charge in [-0.3, -0.25) is 4.79 Å². The summed E-state index contributed by atoms with van der Waals surface area (Å²) in [5.41, 5.74) is -5.98. The van der Waals surface area contributed by atoms with Crippen LogP contribution >= 0.6 is 11.6 Å². The van der Waals surface area contributed by atoms with Gasteiger partial charge in [-0.1, -0.05) is 11.6 Å². The molecule has 154 valence electrons. The van der Waals surface area contributed by atoms with Crippen LogP contribution in [0.1, 0.15) is 17.3 Å². The van der Waals surface area contributed by atoms with Crippen LogP contribution in [0.2, 0.25) is 5.15 Å². The van der Waals surface area contributed by atoms with Crippen LogP contribution < -0.4 is 14.8 Å². The number of aromatic nitrogens is 1. The van der Waals surface area contributed by atoms with Crippen LogP contribution in [0.5, 0.6) is 5.75 Å². The number of amides is 1. The molecule has 0 aliphatic carbocycles. The van der Waals surface area contributed by atoms with Crippen molar-refractivity contribution < 1.29 is 44.3 Å². The lowest BCUT2D eigenvalue weighted by atomic mass is 10.2. The fourth-order valence-electron chi connectivity index (χ4n) is 1.53. The molecule has 15 heteroatoms. The van der Waals surface area contributed by atoms with E-state index in [2.05, 4.69) is 4.98 Å². The average molecular weight is 444 g/mol. The van der Waals surface area contributed by atoms with E-state index in [1.54, 1.807) is 5.32 Å². The van der Waals surface area contributed by atoms with Crippen molar-refractivity contribution in [1.29, 1.82) is 0 Å². The van der Waals surface area contributed by atoms with Crippen molar-refractivity contribution in [3.05, 3.63) is 23.0 Å². The zero-order valence-electron chi connectivity index (χ0n) is 13.3. The Hall–Kier alpha value is -1.80. The molecular weight excluding hydrogens is 432 g/mol. The second-order valence-corrected chi connectivity index (χ2v) is 7.15. The minimum atomic E-state index is -5.59. The van der Waals surface area contributed by atoms with Crippen molar-refractivity contribution in [3.8, 4) is 5.75 Å². The van der Waals surface area contributed by atoms with Gasteiger partial charge in [-0.2, -0.15) is 26.3 Å². The number of carbonyl (C=O) groups excluding carboxylic acids is 1. The standard InChI is InChI=1S/C12H12ClF6N3O4S/c1-6(22-27(24,25)12(17,18)19)4-26-7-2-8(9(13)20-3-7)10(23)21-5-11(14,15)16/h2-3,6,22H,4-5H2,1H3,(H,21,23). The van der Waals surface area contributed by atoms with Crippen molar-refractivity contribution >= 4 is 27.5 Å². The third-order valence-electron chi connectivity index (χ3n) is 2.67. The van der Waals surface area contributed by atoms with Gasteiger partial charge in [-0.25, -0.2) is 18.1 Å². The summed E-state index contributed by atoms with van der Waals surface area (Å²) in [7, 11) is -5.59. The average Bonchev–Trinajstić information content (AvgIpc) is 2.49. The van der Waals surface area contributed by atoms with Crippen LogP contribution in [0.4, 0.5) is 26.3 Å². The molecule has 0 aromatic carbocycles. The van der Waals surface area contributed by atoms with Crippen molar-refractivity contribution in [2.75, 3.05) is 13.2 Å². The highest BCUT2D eigenvalue weighted by Crippen LogP contribution is 2.23. The van der Waals surface area contributed by atoms with Crippen LogP contribution in [0, 0.1) is 0 Å². The van der Waals surface area contributed by atoms with Gasteiger partial charge in [-0.05, 0) is 13.0 Å². The molecule has 1 aromatic heterocycles. The first-order valence-electron chi connectivity index (χ1n) is 6.84. The molecule has 27 heavy (non-hydrogen) atoms. The molecule has 0 saturated carbocycles. The molecule has 0 saturated heterocycles. The highest BCUT2D eigenvalue weighted by molar-refractivity contribution is 7.90. The number of halogens is 7. The number of ether oxygens (including phenoxy) is 1. The fourth-order valence-corrected chi connectivity index (χ4v) is 2.45. The molecule has 1 heterocycles. The maximum atomic E-state index is 12.3. The summed E-state index contributed by atoms with van der Waals surface area (Å²) in [6.45, 7) is -1.14. The summed E-state index contributed by atoms with van der Waals surface area (Å²) in [4.78, 5) is 15.2. The number of alkyl halides is 6. The Kier molecular flexibility index (Phi) is 7.30. The minimum Gasteiger partial charge on any atom is -0.490 e. The Balaban J connectivity index is 2.76. The molecule has 0 bridgehead atoms. The smallest absolute Gasteiger partial charge is 0.490 e. The minimum absolute atomic E-state index is 0.227. The van der Waals surface area contributed by atoms with Gasteiger partial charge in [0, 0.05) is 0 Å². The zero-order valence-corrected chi connectivity index (χ0v) is 14.9. The number of rotatable bonds is 7. The van der Waals surface area contributed by atoms with E-state index in [0.717, 1.165) is 19.2 Å². The third kappa shape index (κ3) is 7.38. The van der Waals surface area contributed by atoms with E-state index in [1.807, 2.05) is 0 Å². The number of pyridine rings is 1. The van der Waals surface area contributed by atoms with Gasteiger partial charge < -0.3 is 10.1 Å². The van der Waals surface area contributed by atoms with E-state index in [0.29, 0.717) is 0 Å². The lowest BCUT2D eigenvalue weighted by Gasteiger charge is -2.16. The summed E-state index contributed by atoms with van der Waals surface area (Å²) in [6, 6.07) is -0.416. The predicted molar refractivity (Wildman–Crippen MR) is 80.7 cm³/mol. The summed E-state index contributed by atoms with van der Waals surface area (Å²) in [5, 5.41) is 1.12. The van der Waals surface area contributed by atoms with Gasteiger partial charge in [0.05, 0.1) is 17.8 Å². The number of carbonyl (C=O) groups is 1. The molecule has 0 aliphatic heterocycles. The second kappa shape index (κ2) is 8.48. The molecule has 1 unspecified atom stereocenters. The molecule has 0 radical (unpaired) electrons. The first kappa shape index (κ1) is 23.2. The molecule has 1 rings (SSSR count). The highest BCUT2D eigenvalue weighted by Gasteiger charge is 2.46. The van der Waals surface area contributed by atoms with Crippen LogP contribution in [0.25, 0.3) is 0 Å². The first-order chi connectivity index (χ1) is 12.1. The number of nitrogens with zero attached hydrogens (tertiary/aromatic N) is 1. The van der Waals surface area contributed by atoms with Crippen molar-refractivity contribution in [2.24, 2.45) is 0 Å². The van der Waals surface area contributed by atoms with E-state index in [9.17, 15) is 39.6 Å². The third-order valence-corrected chi connectivity index (χ3v) is 4.29. The molecule has 0 aliphatic rings. The van der Waals surface area contributed by atoms with Crippen LogP contribution in [-0.4, -0.2) is 50.2 Å². The number of hydrogen-bond donors (Lipinski definition) is 2. The van der Waals surface area contributed by atoms with E-state index in [1.165, 1.54) is 4.72 Å². The second-order valence-electron chi connectivity index (χ2n) is 5.09. The Bertz CT molecular complexity index is 784. The van der Waals surface area contributed by atoms with E-state index < -0.39 is 57.5 Å². The SMILES string of the molecule is CC(COc1cnc(Cl)c(C(=O)NCC(F)(F)F)c1)NS(=O)(=O)C(F)(F)F. The van der Waals surface area contributed by atoms with Gasteiger partial charge in [0.25, 0.3) is 5.91 Å². The summed E-state index contributed by atoms with van der Waals surface area (Å²) in [6.07, 6.45) is -3.71. The maximum Gasteiger partial charge on any atom is 0.511 e. The fraction of sp³-hybridized carbons (Fsp3) is 0.500. The Morgan fingerprint density at radius 1 is 1.30 bits per heavy atom. The van der Waals surface area contributed by atoms with Crippen molar-refractivity contribution in [3.63, 3.8) is 0 Å². The number of sulfonamides is 1. The van der Waals surface area contributed by atoms with E-state index in [4.69, 9.17) is 16.3 Å². The molecular formula is C12H12ClF6N3O4S. The molecule has 1 aromatic rings. The van der Waals surface area contributed by atoms with Crippen LogP contribution in [0.15, 0.2) is 12.3 Å². The molecule has 1 atom stereocenters. The first-order valence-corrected chi connectivity index (χ1v) is 8.70. The van der Waals surface area contributed by atoms with Crippen LogP contribution in [-0.2, 0) is 10.0 Å². The van der Waals surface area contributed by atoms with Gasteiger partial charge in [0.15, 0.2) is 0 Å². The molecule has 7 nitrogen and oxygen atoms in total. The monoisotopic (exact) mass is 443 g/mol. The Morgan fingerprint density at radius 3 is 2.41 bits per heavy atom. The van der Waals surface area contributed by atoms with Gasteiger partial charge in [-0.15, -0.1) is 0 Å². The summed E-state index contributed by atoms with van der Waals surface area (Å²) < 4.78 is 101. The zero-order chi connectivity index (χ0) is 21.0. The van der Waals surface area contributed by atoms with E-state index in [-0.39, 0.29) is 5.75 Å². The van der Waals surface area contributed by atoms with Crippen molar-refractivity contribution in [1.82, 2.24) is 15.0 Å². The largest absolute Gasteiger partial charge is 0.511 e. The topological polar surface area (TPSA) is 97.4 Å². The van der Waals surface area contributed by atoms with Gasteiger partial charge >= 0.3 is 21.7 Å². The molecule has 0 fully saturated rings. The molecule has 1 amide bonds. The highest BCUT2D eigenvalue weighted by atomic mass is 35.5. The lowest BCUT2D eigenvalue weighted by molar-refractivity contribution is -0.123. The predicted octanol–water partition coefficient (Wildman–Crippen LogP) is 2.23. The lowest BCUT2D eigenvalue weighted by Crippen LogP contribution is -2.43. The van der Waals surface area contributed by atoms with Gasteiger partial charge in [0.1, 0.15) is 24.1 Å². The summed E-state index contributed by atoms with van der Waals surface area (Å²) >= 11 is 5.62. The molecule has 0 spiro atoms. The quantitative estimate of drug-likeness (QED) is 0.497. The van der Waals surface area contributed by atoms with Crippen LogP contribution in [0.3, 0.4) is 0 Å². The Labute approximate surface area is 154 Å². The Morgan fingerprint density at radius 2 is 1.89 bits per heavy atom. The van der Waals surface area contributed by atoms with Gasteiger partial charge in [0.2, 0.25) is 0 Å². The molecule has 2 N–H and O–H groups in total. The normalized spacial score (nSPS) is 13.9. The summed E-state index contributed by atoms with van der Waals surface area (Å²) in [5.74, 6) is -1.43. The number of hydrogen-bond acceptors (Lipinski definition) is 5. The van der Waals surface area contributed by atoms with E-state index >= 15 is 0 Å². The maximum absolute atomic E-state index is 12.3. The van der Waals surface area contributed by atoms with Crippen molar-refractivity contribution in [2.45, 2.75) is 24.7 Å². The number of nitrogens with one attached hydrogen (secondary N) is 2.